The zero-order valence-corrected chi connectivity index (χ0v) is 10.1. The summed E-state index contributed by atoms with van der Waals surface area (Å²) in [7, 11) is 0. The molecule has 0 aromatic heterocycles. The summed E-state index contributed by atoms with van der Waals surface area (Å²) in [5.41, 5.74) is 9.79. The molecule has 1 fully saturated rings. The Labute approximate surface area is 98.0 Å². The van der Waals surface area contributed by atoms with Gasteiger partial charge in [-0.25, -0.2) is 0 Å². The minimum Gasteiger partial charge on any atom is -0.324 e. The van der Waals surface area contributed by atoms with Crippen molar-refractivity contribution in [1.29, 1.82) is 0 Å². The molecular formula is C15H21N. The van der Waals surface area contributed by atoms with Gasteiger partial charge < -0.3 is 5.73 Å². The van der Waals surface area contributed by atoms with Crippen molar-refractivity contribution in [3.63, 3.8) is 0 Å². The molecule has 0 saturated heterocycles. The fourth-order valence-corrected chi connectivity index (χ4v) is 3.73. The molecule has 3 unspecified atom stereocenters. The summed E-state index contributed by atoms with van der Waals surface area (Å²) >= 11 is 0. The molecule has 3 atom stereocenters. The first kappa shape index (κ1) is 10.3. The molecule has 2 aliphatic rings. The molecule has 1 heteroatoms. The standard InChI is InChI=1S/C15H21N/c1-2-15-10-11(15)6-5-9-14(16)12-7-3-4-8-13(12)15/h3-4,7-8,11,14H,2,5-6,9-10,16H2,1H3. The molecule has 1 aromatic carbocycles. The number of benzene rings is 1. The van der Waals surface area contributed by atoms with Gasteiger partial charge in [-0.1, -0.05) is 37.6 Å². The van der Waals surface area contributed by atoms with Crippen LogP contribution in [0.5, 0.6) is 0 Å². The molecule has 0 heterocycles. The van der Waals surface area contributed by atoms with E-state index in [0.29, 0.717) is 5.41 Å². The van der Waals surface area contributed by atoms with E-state index in [1.54, 1.807) is 5.56 Å². The van der Waals surface area contributed by atoms with Crippen LogP contribution in [0.2, 0.25) is 0 Å². The molecule has 1 aromatic rings. The first-order valence-corrected chi connectivity index (χ1v) is 6.63. The van der Waals surface area contributed by atoms with E-state index in [1.807, 2.05) is 0 Å². The van der Waals surface area contributed by atoms with E-state index in [9.17, 15) is 0 Å². The summed E-state index contributed by atoms with van der Waals surface area (Å²) in [6, 6.07) is 9.16. The van der Waals surface area contributed by atoms with Crippen LogP contribution in [0.15, 0.2) is 24.3 Å². The van der Waals surface area contributed by atoms with Crippen LogP contribution in [0.25, 0.3) is 0 Å². The summed E-state index contributed by atoms with van der Waals surface area (Å²) in [4.78, 5) is 0. The average Bonchev–Trinajstić information content (AvgIpc) is 3.02. The highest BCUT2D eigenvalue weighted by atomic mass is 14.7. The van der Waals surface area contributed by atoms with Crippen LogP contribution in [0.3, 0.4) is 0 Å². The van der Waals surface area contributed by atoms with Gasteiger partial charge in [-0.05, 0) is 48.1 Å². The first-order chi connectivity index (χ1) is 7.78. The topological polar surface area (TPSA) is 26.0 Å². The molecule has 0 radical (unpaired) electrons. The molecule has 3 rings (SSSR count). The number of hydrogen-bond acceptors (Lipinski definition) is 1. The van der Waals surface area contributed by atoms with Crippen LogP contribution >= 0.6 is 0 Å². The second kappa shape index (κ2) is 3.59. The molecule has 1 nitrogen and oxygen atoms in total. The number of nitrogens with two attached hydrogens (primary N) is 1. The van der Waals surface area contributed by atoms with E-state index in [4.69, 9.17) is 5.73 Å². The van der Waals surface area contributed by atoms with Gasteiger partial charge in [-0.15, -0.1) is 0 Å². The van der Waals surface area contributed by atoms with Crippen molar-refractivity contribution in [1.82, 2.24) is 0 Å². The second-order valence-corrected chi connectivity index (χ2v) is 5.54. The number of rotatable bonds is 1. The minimum atomic E-state index is 0.265. The van der Waals surface area contributed by atoms with E-state index >= 15 is 0 Å². The maximum absolute atomic E-state index is 6.31. The highest BCUT2D eigenvalue weighted by molar-refractivity contribution is 5.42. The monoisotopic (exact) mass is 215 g/mol. The van der Waals surface area contributed by atoms with Crippen molar-refractivity contribution in [2.24, 2.45) is 11.7 Å². The van der Waals surface area contributed by atoms with E-state index < -0.39 is 0 Å². The lowest BCUT2D eigenvalue weighted by atomic mass is 9.81. The van der Waals surface area contributed by atoms with E-state index in [1.165, 1.54) is 31.2 Å². The zero-order chi connectivity index (χ0) is 11.2. The number of hydrogen-bond donors (Lipinski definition) is 1. The lowest BCUT2D eigenvalue weighted by molar-refractivity contribution is 0.476. The maximum Gasteiger partial charge on any atom is 0.0297 e. The molecule has 2 N–H and O–H groups in total. The molecule has 2 aliphatic carbocycles. The van der Waals surface area contributed by atoms with E-state index in [-0.39, 0.29) is 6.04 Å². The van der Waals surface area contributed by atoms with Crippen molar-refractivity contribution in [3.05, 3.63) is 35.4 Å². The minimum absolute atomic E-state index is 0.265. The summed E-state index contributed by atoms with van der Waals surface area (Å²) in [6.45, 7) is 2.34. The molecule has 86 valence electrons. The van der Waals surface area contributed by atoms with Gasteiger partial charge in [-0.3, -0.25) is 0 Å². The smallest absolute Gasteiger partial charge is 0.0297 e. The van der Waals surface area contributed by atoms with Gasteiger partial charge in [0.2, 0.25) is 0 Å². The fourth-order valence-electron chi connectivity index (χ4n) is 3.73. The van der Waals surface area contributed by atoms with Gasteiger partial charge in [0.1, 0.15) is 0 Å². The highest BCUT2D eigenvalue weighted by Gasteiger charge is 2.54. The third-order valence-corrected chi connectivity index (χ3v) is 4.83. The Bertz CT molecular complexity index is 398. The van der Waals surface area contributed by atoms with Crippen LogP contribution in [0, 0.1) is 5.92 Å². The summed E-state index contributed by atoms with van der Waals surface area (Å²) in [5.74, 6) is 0.936. The second-order valence-electron chi connectivity index (χ2n) is 5.54. The molecule has 0 aliphatic heterocycles. The van der Waals surface area contributed by atoms with Crippen LogP contribution in [0.4, 0.5) is 0 Å². The Morgan fingerprint density at radius 3 is 2.94 bits per heavy atom. The summed E-state index contributed by atoms with van der Waals surface area (Å²) in [6.07, 6.45) is 6.53. The quantitative estimate of drug-likeness (QED) is 0.762. The first-order valence-electron chi connectivity index (χ1n) is 6.63. The van der Waals surface area contributed by atoms with Gasteiger partial charge in [0.25, 0.3) is 0 Å². The number of fused-ring (bicyclic) bond motifs is 3. The third kappa shape index (κ3) is 1.34. The predicted molar refractivity (Wildman–Crippen MR) is 67.3 cm³/mol. The van der Waals surface area contributed by atoms with Crippen LogP contribution in [-0.4, -0.2) is 0 Å². The van der Waals surface area contributed by atoms with Gasteiger partial charge in [0, 0.05) is 6.04 Å². The molecule has 0 spiro atoms. The Balaban J connectivity index is 2.10. The predicted octanol–water partition coefficient (Wildman–Crippen LogP) is 3.54. The summed E-state index contributed by atoms with van der Waals surface area (Å²) in [5, 5.41) is 0. The van der Waals surface area contributed by atoms with Crippen LogP contribution in [-0.2, 0) is 5.41 Å². The SMILES string of the molecule is CCC12CC1CCCC(N)c1ccccc12. The van der Waals surface area contributed by atoms with E-state index in [2.05, 4.69) is 31.2 Å². The fraction of sp³-hybridized carbons (Fsp3) is 0.600. The Morgan fingerprint density at radius 2 is 2.12 bits per heavy atom. The molecule has 0 amide bonds. The molecule has 0 bridgehead atoms. The molecular weight excluding hydrogens is 194 g/mol. The van der Waals surface area contributed by atoms with Crippen molar-refractivity contribution in [3.8, 4) is 0 Å². The summed E-state index contributed by atoms with van der Waals surface area (Å²) < 4.78 is 0. The van der Waals surface area contributed by atoms with Gasteiger partial charge >= 0.3 is 0 Å². The lowest BCUT2D eigenvalue weighted by Crippen LogP contribution is -2.20. The Kier molecular flexibility index (Phi) is 2.32. The van der Waals surface area contributed by atoms with Crippen molar-refractivity contribution < 1.29 is 0 Å². The van der Waals surface area contributed by atoms with Crippen LogP contribution < -0.4 is 5.73 Å². The average molecular weight is 215 g/mol. The zero-order valence-electron chi connectivity index (χ0n) is 10.1. The van der Waals surface area contributed by atoms with E-state index in [0.717, 1.165) is 12.3 Å². The maximum atomic E-state index is 6.31. The Hall–Kier alpha value is -0.820. The van der Waals surface area contributed by atoms with Crippen LogP contribution in [0.1, 0.15) is 56.2 Å². The van der Waals surface area contributed by atoms with Crippen molar-refractivity contribution in [2.75, 3.05) is 0 Å². The lowest BCUT2D eigenvalue weighted by Gasteiger charge is -2.26. The molecule has 1 saturated carbocycles. The van der Waals surface area contributed by atoms with Gasteiger partial charge in [-0.2, -0.15) is 0 Å². The molecule has 16 heavy (non-hydrogen) atoms. The highest BCUT2D eigenvalue weighted by Crippen LogP contribution is 2.61. The third-order valence-electron chi connectivity index (χ3n) is 4.83. The largest absolute Gasteiger partial charge is 0.324 e. The Morgan fingerprint density at radius 1 is 1.31 bits per heavy atom. The van der Waals surface area contributed by atoms with Crippen molar-refractivity contribution in [2.45, 2.75) is 50.5 Å². The van der Waals surface area contributed by atoms with Gasteiger partial charge in [0.15, 0.2) is 0 Å². The normalized spacial score (nSPS) is 36.9. The van der Waals surface area contributed by atoms with Crippen molar-refractivity contribution >= 4 is 0 Å². The van der Waals surface area contributed by atoms with Gasteiger partial charge in [0.05, 0.1) is 0 Å².